The average molecular weight is 335 g/mol. The lowest BCUT2D eigenvalue weighted by atomic mass is 10.2. The Labute approximate surface area is 140 Å². The van der Waals surface area contributed by atoms with Crippen molar-refractivity contribution in [3.05, 3.63) is 47.5 Å². The highest BCUT2D eigenvalue weighted by atomic mass is 35.5. The van der Waals surface area contributed by atoms with Crippen LogP contribution in [0.15, 0.2) is 42.5 Å². The summed E-state index contributed by atoms with van der Waals surface area (Å²) in [4.78, 5) is 11.9. The minimum absolute atomic E-state index is 0.306. The molecule has 0 bridgehead atoms. The SMILES string of the molecule is CCCNC(=O)Nc1cc(Cl)ccc1Oc1ccccc1OC. The van der Waals surface area contributed by atoms with Crippen LogP contribution in [0.4, 0.5) is 10.5 Å². The summed E-state index contributed by atoms with van der Waals surface area (Å²) in [6.07, 6.45) is 0.855. The molecular weight excluding hydrogens is 316 g/mol. The van der Waals surface area contributed by atoms with Crippen LogP contribution < -0.4 is 20.1 Å². The topological polar surface area (TPSA) is 59.6 Å². The molecule has 0 aliphatic rings. The Morgan fingerprint density at radius 2 is 1.87 bits per heavy atom. The molecule has 0 saturated carbocycles. The second kappa shape index (κ2) is 8.29. The van der Waals surface area contributed by atoms with Gasteiger partial charge in [0.1, 0.15) is 0 Å². The lowest BCUT2D eigenvalue weighted by Gasteiger charge is -2.15. The number of rotatable bonds is 6. The van der Waals surface area contributed by atoms with Crippen molar-refractivity contribution >= 4 is 23.3 Å². The van der Waals surface area contributed by atoms with Gasteiger partial charge in [-0.2, -0.15) is 0 Å². The fraction of sp³-hybridized carbons (Fsp3) is 0.235. The van der Waals surface area contributed by atoms with Crippen LogP contribution in [0.2, 0.25) is 5.02 Å². The molecule has 2 aromatic rings. The molecule has 0 unspecified atom stereocenters. The maximum Gasteiger partial charge on any atom is 0.319 e. The van der Waals surface area contributed by atoms with Gasteiger partial charge >= 0.3 is 6.03 Å². The first-order valence-electron chi connectivity index (χ1n) is 7.29. The van der Waals surface area contributed by atoms with E-state index in [0.717, 1.165) is 6.42 Å². The minimum Gasteiger partial charge on any atom is -0.493 e. The molecule has 2 N–H and O–H groups in total. The standard InChI is InChI=1S/C17H19ClN2O3/c1-3-10-19-17(21)20-13-11-12(18)8-9-14(13)23-16-7-5-4-6-15(16)22-2/h4-9,11H,3,10H2,1-2H3,(H2,19,20,21). The van der Waals surface area contributed by atoms with Crippen molar-refractivity contribution in [2.75, 3.05) is 19.0 Å². The zero-order chi connectivity index (χ0) is 16.7. The number of para-hydroxylation sites is 2. The number of ether oxygens (including phenoxy) is 2. The van der Waals surface area contributed by atoms with Crippen molar-refractivity contribution < 1.29 is 14.3 Å². The first-order valence-corrected chi connectivity index (χ1v) is 7.67. The average Bonchev–Trinajstić information content (AvgIpc) is 2.56. The number of halogens is 1. The van der Waals surface area contributed by atoms with Gasteiger partial charge in [0.05, 0.1) is 12.8 Å². The number of carbonyl (C=O) groups is 1. The van der Waals surface area contributed by atoms with Gasteiger partial charge in [-0.25, -0.2) is 4.79 Å². The van der Waals surface area contributed by atoms with Crippen LogP contribution in [0.25, 0.3) is 0 Å². The Morgan fingerprint density at radius 3 is 2.57 bits per heavy atom. The maximum atomic E-state index is 11.9. The van der Waals surface area contributed by atoms with Crippen LogP contribution in [0, 0.1) is 0 Å². The number of carbonyl (C=O) groups excluding carboxylic acids is 1. The predicted molar refractivity (Wildman–Crippen MR) is 91.8 cm³/mol. The molecule has 0 saturated heterocycles. The summed E-state index contributed by atoms with van der Waals surface area (Å²) in [5.41, 5.74) is 0.483. The predicted octanol–water partition coefficient (Wildman–Crippen LogP) is 4.67. The van der Waals surface area contributed by atoms with E-state index in [4.69, 9.17) is 21.1 Å². The number of hydrogen-bond acceptors (Lipinski definition) is 3. The van der Waals surface area contributed by atoms with Crippen molar-refractivity contribution in [3.63, 3.8) is 0 Å². The smallest absolute Gasteiger partial charge is 0.319 e. The number of amides is 2. The Bertz CT molecular complexity index is 677. The Hall–Kier alpha value is -2.40. The molecule has 5 nitrogen and oxygen atoms in total. The number of methoxy groups -OCH3 is 1. The van der Waals surface area contributed by atoms with E-state index in [-0.39, 0.29) is 6.03 Å². The summed E-state index contributed by atoms with van der Waals surface area (Å²) >= 11 is 6.01. The van der Waals surface area contributed by atoms with Gasteiger partial charge in [-0.05, 0) is 36.8 Å². The van der Waals surface area contributed by atoms with Crippen LogP contribution in [0.3, 0.4) is 0 Å². The lowest BCUT2D eigenvalue weighted by Crippen LogP contribution is -2.29. The van der Waals surface area contributed by atoms with E-state index in [1.54, 1.807) is 37.4 Å². The molecule has 0 heterocycles. The van der Waals surface area contributed by atoms with Crippen LogP contribution in [0.5, 0.6) is 17.2 Å². The summed E-state index contributed by atoms with van der Waals surface area (Å²) in [6, 6.07) is 12.0. The number of nitrogens with one attached hydrogen (secondary N) is 2. The van der Waals surface area contributed by atoms with E-state index in [1.165, 1.54) is 0 Å². The van der Waals surface area contributed by atoms with E-state index in [2.05, 4.69) is 10.6 Å². The van der Waals surface area contributed by atoms with E-state index in [9.17, 15) is 4.79 Å². The maximum absolute atomic E-state index is 11.9. The third-order valence-electron chi connectivity index (χ3n) is 3.01. The molecule has 0 radical (unpaired) electrons. The first kappa shape index (κ1) is 17.0. The highest BCUT2D eigenvalue weighted by molar-refractivity contribution is 6.31. The molecule has 122 valence electrons. The van der Waals surface area contributed by atoms with Gasteiger partial charge in [-0.15, -0.1) is 0 Å². The number of urea groups is 1. The third-order valence-corrected chi connectivity index (χ3v) is 3.25. The summed E-state index contributed by atoms with van der Waals surface area (Å²) in [5, 5.41) is 5.99. The van der Waals surface area contributed by atoms with Crippen molar-refractivity contribution in [1.82, 2.24) is 5.32 Å². The molecule has 23 heavy (non-hydrogen) atoms. The van der Waals surface area contributed by atoms with Crippen LogP contribution in [-0.2, 0) is 0 Å². The molecule has 0 aliphatic carbocycles. The normalized spacial score (nSPS) is 10.0. The Kier molecular flexibility index (Phi) is 6.11. The van der Waals surface area contributed by atoms with E-state index >= 15 is 0 Å². The molecule has 2 amide bonds. The highest BCUT2D eigenvalue weighted by Crippen LogP contribution is 2.36. The van der Waals surface area contributed by atoms with E-state index < -0.39 is 0 Å². The largest absolute Gasteiger partial charge is 0.493 e. The monoisotopic (exact) mass is 334 g/mol. The fourth-order valence-corrected chi connectivity index (χ4v) is 2.09. The quantitative estimate of drug-likeness (QED) is 0.806. The van der Waals surface area contributed by atoms with Gasteiger partial charge in [0, 0.05) is 11.6 Å². The van der Waals surface area contributed by atoms with Gasteiger partial charge in [0.2, 0.25) is 0 Å². The van der Waals surface area contributed by atoms with Crippen LogP contribution >= 0.6 is 11.6 Å². The zero-order valence-corrected chi connectivity index (χ0v) is 13.8. The number of hydrogen-bond donors (Lipinski definition) is 2. The molecule has 2 aromatic carbocycles. The van der Waals surface area contributed by atoms with Crippen LogP contribution in [-0.4, -0.2) is 19.7 Å². The van der Waals surface area contributed by atoms with E-state index in [0.29, 0.717) is 34.5 Å². The van der Waals surface area contributed by atoms with Crippen molar-refractivity contribution in [1.29, 1.82) is 0 Å². The molecule has 0 spiro atoms. The Morgan fingerprint density at radius 1 is 1.13 bits per heavy atom. The second-order valence-corrected chi connectivity index (χ2v) is 5.21. The second-order valence-electron chi connectivity index (χ2n) is 4.77. The van der Waals surface area contributed by atoms with Crippen LogP contribution in [0.1, 0.15) is 13.3 Å². The summed E-state index contributed by atoms with van der Waals surface area (Å²) in [5.74, 6) is 1.63. The fourth-order valence-electron chi connectivity index (χ4n) is 1.92. The van der Waals surface area contributed by atoms with Gasteiger partial charge in [0.15, 0.2) is 17.2 Å². The van der Waals surface area contributed by atoms with Crippen molar-refractivity contribution in [2.24, 2.45) is 0 Å². The molecular formula is C17H19ClN2O3. The summed E-state index contributed by atoms with van der Waals surface area (Å²) < 4.78 is 11.1. The molecule has 0 aromatic heterocycles. The zero-order valence-electron chi connectivity index (χ0n) is 13.1. The highest BCUT2D eigenvalue weighted by Gasteiger charge is 2.11. The van der Waals surface area contributed by atoms with Gasteiger partial charge in [-0.3, -0.25) is 0 Å². The molecule has 0 aliphatic heterocycles. The van der Waals surface area contributed by atoms with Gasteiger partial charge < -0.3 is 20.1 Å². The molecule has 0 atom stereocenters. The minimum atomic E-state index is -0.306. The molecule has 0 fully saturated rings. The Balaban J connectivity index is 2.23. The van der Waals surface area contributed by atoms with Gasteiger partial charge in [-0.1, -0.05) is 30.7 Å². The number of anilines is 1. The number of benzene rings is 2. The molecule has 2 rings (SSSR count). The van der Waals surface area contributed by atoms with Crippen molar-refractivity contribution in [3.8, 4) is 17.2 Å². The van der Waals surface area contributed by atoms with Gasteiger partial charge in [0.25, 0.3) is 0 Å². The van der Waals surface area contributed by atoms with Crippen molar-refractivity contribution in [2.45, 2.75) is 13.3 Å². The molecule has 6 heteroatoms. The van der Waals surface area contributed by atoms with E-state index in [1.807, 2.05) is 19.1 Å². The summed E-state index contributed by atoms with van der Waals surface area (Å²) in [6.45, 7) is 2.57. The summed E-state index contributed by atoms with van der Waals surface area (Å²) in [7, 11) is 1.57. The first-order chi connectivity index (χ1) is 11.1. The third kappa shape index (κ3) is 4.79. The lowest BCUT2D eigenvalue weighted by molar-refractivity contribution is 0.252.